The van der Waals surface area contributed by atoms with Gasteiger partial charge in [0.25, 0.3) is 0 Å². The molecule has 3 nitrogen and oxygen atoms in total. The van der Waals surface area contributed by atoms with E-state index < -0.39 is 0 Å². The number of nitrogens with zero attached hydrogens (tertiary/aromatic N) is 1. The van der Waals surface area contributed by atoms with Crippen LogP contribution in [-0.2, 0) is 4.79 Å². The second kappa shape index (κ2) is 1.64. The summed E-state index contributed by atoms with van der Waals surface area (Å²) in [6.45, 7) is 0.905. The van der Waals surface area contributed by atoms with Crippen LogP contribution in [0.5, 0.6) is 0 Å². The molecule has 0 aliphatic carbocycles. The van der Waals surface area contributed by atoms with E-state index in [9.17, 15) is 4.79 Å². The van der Waals surface area contributed by atoms with Crippen molar-refractivity contribution in [2.45, 2.75) is 11.4 Å². The highest BCUT2D eigenvalue weighted by Gasteiger charge is 2.47. The zero-order valence-corrected chi connectivity index (χ0v) is 5.73. The lowest BCUT2D eigenvalue weighted by molar-refractivity contribution is -0.142. The van der Waals surface area contributed by atoms with Gasteiger partial charge in [0.1, 0.15) is 11.4 Å². The van der Waals surface area contributed by atoms with Crippen LogP contribution < -0.4 is 5.73 Å². The van der Waals surface area contributed by atoms with Crippen molar-refractivity contribution < 1.29 is 4.79 Å². The first-order valence-electron chi connectivity index (χ1n) is 2.98. The van der Waals surface area contributed by atoms with Crippen molar-refractivity contribution in [3.8, 4) is 0 Å². The minimum absolute atomic E-state index is 0.130. The molecule has 0 aromatic rings. The molecule has 1 amide bonds. The van der Waals surface area contributed by atoms with Gasteiger partial charge in [-0.05, 0) is 0 Å². The Bertz CT molecular complexity index is 161. The Labute approximate surface area is 57.6 Å². The van der Waals surface area contributed by atoms with Crippen molar-refractivity contribution in [1.29, 1.82) is 0 Å². The van der Waals surface area contributed by atoms with Gasteiger partial charge in [0.15, 0.2) is 0 Å². The molecule has 0 spiro atoms. The van der Waals surface area contributed by atoms with Crippen molar-refractivity contribution in [1.82, 2.24) is 4.90 Å². The van der Waals surface area contributed by atoms with E-state index >= 15 is 0 Å². The lowest BCUT2D eigenvalue weighted by Gasteiger charge is -2.39. The molecular formula is C5H8N2OS. The first-order valence-corrected chi connectivity index (χ1v) is 4.03. The Morgan fingerprint density at radius 2 is 2.56 bits per heavy atom. The number of carbonyl (C=O) groups excluding carboxylic acids is 1. The molecule has 0 aromatic carbocycles. The maximum atomic E-state index is 10.8. The molecule has 2 fully saturated rings. The Kier molecular flexibility index (Phi) is 1.01. The average Bonchev–Trinajstić information content (AvgIpc) is 2.30. The minimum atomic E-state index is -0.197. The number of thioether (sulfide) groups is 1. The predicted molar refractivity (Wildman–Crippen MR) is 35.9 cm³/mol. The van der Waals surface area contributed by atoms with Crippen LogP contribution in [-0.4, -0.2) is 34.5 Å². The summed E-state index contributed by atoms with van der Waals surface area (Å²) in [6.07, 6.45) is 0. The highest BCUT2D eigenvalue weighted by atomic mass is 32.2. The van der Waals surface area contributed by atoms with E-state index in [1.165, 1.54) is 0 Å². The van der Waals surface area contributed by atoms with Crippen LogP contribution in [0, 0.1) is 0 Å². The Morgan fingerprint density at radius 3 is 3.22 bits per heavy atom. The smallest absolute Gasteiger partial charge is 0.243 e. The molecule has 2 unspecified atom stereocenters. The largest absolute Gasteiger partial charge is 0.326 e. The number of amides is 1. The summed E-state index contributed by atoms with van der Waals surface area (Å²) < 4.78 is 0. The molecule has 50 valence electrons. The van der Waals surface area contributed by atoms with E-state index in [1.54, 1.807) is 11.8 Å². The van der Waals surface area contributed by atoms with Crippen LogP contribution in [0.3, 0.4) is 0 Å². The summed E-state index contributed by atoms with van der Waals surface area (Å²) in [7, 11) is 0. The summed E-state index contributed by atoms with van der Waals surface area (Å²) in [5.74, 6) is 1.19. The topological polar surface area (TPSA) is 46.3 Å². The fourth-order valence-corrected chi connectivity index (χ4v) is 2.51. The quantitative estimate of drug-likeness (QED) is 0.454. The first kappa shape index (κ1) is 5.56. The average molecular weight is 144 g/mol. The second-order valence-electron chi connectivity index (χ2n) is 2.32. The van der Waals surface area contributed by atoms with Crippen LogP contribution in [0.15, 0.2) is 0 Å². The summed E-state index contributed by atoms with van der Waals surface area (Å²) in [5.41, 5.74) is 5.50. The third-order valence-electron chi connectivity index (χ3n) is 1.80. The molecule has 0 aromatic heterocycles. The molecular weight excluding hydrogens is 136 g/mol. The Balaban J connectivity index is 2.14. The summed E-state index contributed by atoms with van der Waals surface area (Å²) in [5, 5.41) is 0.317. The number of hydrogen-bond acceptors (Lipinski definition) is 3. The van der Waals surface area contributed by atoms with Gasteiger partial charge in [-0.1, -0.05) is 0 Å². The van der Waals surface area contributed by atoms with Gasteiger partial charge < -0.3 is 10.6 Å². The normalized spacial score (nSPS) is 40.6. The number of β-lactam (4-membered cyclic amide) rings is 1. The van der Waals surface area contributed by atoms with E-state index in [1.807, 2.05) is 4.90 Å². The van der Waals surface area contributed by atoms with Crippen molar-refractivity contribution in [2.75, 3.05) is 12.3 Å². The van der Waals surface area contributed by atoms with Crippen LogP contribution in [0.4, 0.5) is 0 Å². The van der Waals surface area contributed by atoms with Crippen LogP contribution in [0.2, 0.25) is 0 Å². The van der Waals surface area contributed by atoms with E-state index in [4.69, 9.17) is 5.73 Å². The fraction of sp³-hybridized carbons (Fsp3) is 0.800. The maximum absolute atomic E-state index is 10.8. The Hall–Kier alpha value is -0.220. The second-order valence-corrected chi connectivity index (χ2v) is 3.54. The molecule has 2 saturated heterocycles. The van der Waals surface area contributed by atoms with E-state index in [0.29, 0.717) is 5.37 Å². The van der Waals surface area contributed by atoms with Crippen LogP contribution in [0.25, 0.3) is 0 Å². The summed E-state index contributed by atoms with van der Waals surface area (Å²) >= 11 is 1.78. The van der Waals surface area contributed by atoms with Gasteiger partial charge in [-0.2, -0.15) is 0 Å². The number of rotatable bonds is 0. The van der Waals surface area contributed by atoms with Crippen LogP contribution >= 0.6 is 11.8 Å². The SMILES string of the molecule is NC1C(=O)N2CCSC12. The van der Waals surface area contributed by atoms with Crippen molar-refractivity contribution >= 4 is 17.7 Å². The predicted octanol–water partition coefficient (Wildman–Crippen LogP) is -0.771. The number of fused-ring (bicyclic) bond motifs is 1. The van der Waals surface area contributed by atoms with Gasteiger partial charge in [0, 0.05) is 12.3 Å². The first-order chi connectivity index (χ1) is 4.30. The highest BCUT2D eigenvalue weighted by Crippen LogP contribution is 2.33. The highest BCUT2D eigenvalue weighted by molar-refractivity contribution is 8.00. The van der Waals surface area contributed by atoms with Gasteiger partial charge in [0.05, 0.1) is 0 Å². The van der Waals surface area contributed by atoms with Crippen LogP contribution in [0.1, 0.15) is 0 Å². The summed E-state index contributed by atoms with van der Waals surface area (Å²) in [4.78, 5) is 12.7. The van der Waals surface area contributed by atoms with E-state index in [2.05, 4.69) is 0 Å². The molecule has 4 heteroatoms. The third-order valence-corrected chi connectivity index (χ3v) is 3.11. The van der Waals surface area contributed by atoms with Crippen molar-refractivity contribution in [2.24, 2.45) is 5.73 Å². The molecule has 2 aliphatic rings. The standard InChI is InChI=1S/C5H8N2OS/c6-3-4(8)7-1-2-9-5(3)7/h3,5H,1-2,6H2. The molecule has 2 heterocycles. The molecule has 9 heavy (non-hydrogen) atoms. The fourth-order valence-electron chi connectivity index (χ4n) is 1.25. The lowest BCUT2D eigenvalue weighted by Crippen LogP contribution is -2.64. The van der Waals surface area contributed by atoms with Crippen molar-refractivity contribution in [3.05, 3.63) is 0 Å². The van der Waals surface area contributed by atoms with Gasteiger partial charge in [0.2, 0.25) is 5.91 Å². The molecule has 2 atom stereocenters. The number of carbonyl (C=O) groups is 1. The molecule has 2 rings (SSSR count). The zero-order valence-electron chi connectivity index (χ0n) is 4.91. The molecule has 2 N–H and O–H groups in total. The molecule has 0 saturated carbocycles. The summed E-state index contributed by atoms with van der Waals surface area (Å²) in [6, 6.07) is -0.197. The number of nitrogens with two attached hydrogens (primary N) is 1. The van der Waals surface area contributed by atoms with E-state index in [0.717, 1.165) is 12.3 Å². The van der Waals surface area contributed by atoms with Gasteiger partial charge in [-0.3, -0.25) is 4.79 Å². The van der Waals surface area contributed by atoms with Crippen molar-refractivity contribution in [3.63, 3.8) is 0 Å². The minimum Gasteiger partial charge on any atom is -0.326 e. The third kappa shape index (κ3) is 0.548. The Morgan fingerprint density at radius 1 is 1.78 bits per heavy atom. The number of hydrogen-bond donors (Lipinski definition) is 1. The maximum Gasteiger partial charge on any atom is 0.243 e. The molecule has 0 bridgehead atoms. The van der Waals surface area contributed by atoms with Gasteiger partial charge in [-0.15, -0.1) is 11.8 Å². The monoisotopic (exact) mass is 144 g/mol. The molecule has 2 aliphatic heterocycles. The molecule has 0 radical (unpaired) electrons. The van der Waals surface area contributed by atoms with E-state index in [-0.39, 0.29) is 11.9 Å². The lowest BCUT2D eigenvalue weighted by atomic mass is 10.1. The zero-order chi connectivity index (χ0) is 6.43. The van der Waals surface area contributed by atoms with Gasteiger partial charge >= 0.3 is 0 Å². The van der Waals surface area contributed by atoms with Gasteiger partial charge in [-0.25, -0.2) is 0 Å².